The molecule has 3 rings (SSSR count). The predicted octanol–water partition coefficient (Wildman–Crippen LogP) is 11.1. The number of rotatable bonds is 16. The van der Waals surface area contributed by atoms with Crippen molar-refractivity contribution in [2.45, 2.75) is 168 Å². The summed E-state index contributed by atoms with van der Waals surface area (Å²) in [7, 11) is 0. The van der Waals surface area contributed by atoms with Crippen LogP contribution in [-0.4, -0.2) is 0 Å². The first kappa shape index (κ1) is 26.6. The number of fused-ring (bicyclic) bond motifs is 3. The molecule has 0 heteroatoms. The minimum absolute atomic E-state index is 1.09. The van der Waals surface area contributed by atoms with Gasteiger partial charge in [-0.25, -0.2) is 0 Å². The molecule has 0 bridgehead atoms. The molecule has 0 heterocycles. The van der Waals surface area contributed by atoms with Crippen LogP contribution in [0.3, 0.4) is 0 Å². The molecule has 0 aliphatic heterocycles. The highest BCUT2D eigenvalue weighted by Gasteiger charge is 2.44. The number of hydrogen-bond acceptors (Lipinski definition) is 0. The summed E-state index contributed by atoms with van der Waals surface area (Å²) in [6.45, 7) is 4.65. The number of unbranched alkanes of at least 4 members (excludes halogenated alkanes) is 12. The molecule has 0 N–H and O–H groups in total. The Bertz CT molecular complexity index is 411. The lowest BCUT2D eigenvalue weighted by molar-refractivity contribution is -0.00461. The maximum Gasteiger partial charge on any atom is -0.0355 e. The minimum Gasteiger partial charge on any atom is -0.0654 e. The van der Waals surface area contributed by atoms with Gasteiger partial charge < -0.3 is 0 Å². The zero-order valence-corrected chi connectivity index (χ0v) is 22.4. The summed E-state index contributed by atoms with van der Waals surface area (Å²) in [5.41, 5.74) is 0. The van der Waals surface area contributed by atoms with Crippen LogP contribution >= 0.6 is 0 Å². The van der Waals surface area contributed by atoms with Crippen LogP contribution < -0.4 is 0 Å². The lowest BCUT2D eigenvalue weighted by Gasteiger charge is -2.51. The van der Waals surface area contributed by atoms with Crippen LogP contribution in [0.1, 0.15) is 168 Å². The second-order valence-corrected chi connectivity index (χ2v) is 12.6. The fourth-order valence-electron chi connectivity index (χ4n) is 8.29. The van der Waals surface area contributed by atoms with Gasteiger partial charge in [0.1, 0.15) is 0 Å². The van der Waals surface area contributed by atoms with E-state index in [1.807, 2.05) is 0 Å². The molecule has 0 aromatic carbocycles. The first-order chi connectivity index (χ1) is 15.8. The predicted molar refractivity (Wildman–Crippen MR) is 143 cm³/mol. The van der Waals surface area contributed by atoms with Crippen molar-refractivity contribution in [3.63, 3.8) is 0 Å². The van der Waals surface area contributed by atoms with Gasteiger partial charge in [-0.2, -0.15) is 0 Å². The molecule has 0 spiro atoms. The van der Waals surface area contributed by atoms with E-state index in [2.05, 4.69) is 13.8 Å². The number of hydrogen-bond donors (Lipinski definition) is 0. The Morgan fingerprint density at radius 1 is 0.406 bits per heavy atom. The van der Waals surface area contributed by atoms with Crippen LogP contribution in [0, 0.1) is 35.5 Å². The molecule has 32 heavy (non-hydrogen) atoms. The monoisotopic (exact) mass is 444 g/mol. The third-order valence-electron chi connectivity index (χ3n) is 10.2. The van der Waals surface area contributed by atoms with Crippen molar-refractivity contribution in [1.82, 2.24) is 0 Å². The van der Waals surface area contributed by atoms with E-state index in [4.69, 9.17) is 0 Å². The Kier molecular flexibility index (Phi) is 13.1. The van der Waals surface area contributed by atoms with Crippen LogP contribution in [0.15, 0.2) is 0 Å². The van der Waals surface area contributed by atoms with Gasteiger partial charge in [-0.3, -0.25) is 0 Å². The summed E-state index contributed by atoms with van der Waals surface area (Å²) >= 11 is 0. The highest BCUT2D eigenvalue weighted by Crippen LogP contribution is 2.54. The summed E-state index contributed by atoms with van der Waals surface area (Å²) < 4.78 is 0. The summed E-state index contributed by atoms with van der Waals surface area (Å²) in [6.07, 6.45) is 36.6. The van der Waals surface area contributed by atoms with Gasteiger partial charge in [-0.1, -0.05) is 129 Å². The molecule has 0 nitrogen and oxygen atoms in total. The third kappa shape index (κ3) is 8.98. The lowest BCUT2D eigenvalue weighted by Crippen LogP contribution is -2.41. The molecule has 3 saturated carbocycles. The minimum atomic E-state index is 1.09. The van der Waals surface area contributed by atoms with Crippen molar-refractivity contribution in [2.75, 3.05) is 0 Å². The van der Waals surface area contributed by atoms with E-state index >= 15 is 0 Å². The molecule has 3 aliphatic rings. The van der Waals surface area contributed by atoms with Crippen LogP contribution in [0.5, 0.6) is 0 Å². The topological polar surface area (TPSA) is 0 Å². The molecule has 0 amide bonds. The summed E-state index contributed by atoms with van der Waals surface area (Å²) in [6, 6.07) is 0. The molecule has 4 unspecified atom stereocenters. The van der Waals surface area contributed by atoms with E-state index in [-0.39, 0.29) is 0 Å². The quantitative estimate of drug-likeness (QED) is 0.208. The van der Waals surface area contributed by atoms with Gasteiger partial charge in [-0.05, 0) is 74.0 Å². The molecule has 0 aromatic heterocycles. The van der Waals surface area contributed by atoms with Gasteiger partial charge in [0.25, 0.3) is 0 Å². The SMILES string of the molecule is CCCCCCCCC[C@@H]1CCC2C(CCC3C[C@H](CCCCCCCCC)CCC32)C1. The fraction of sp³-hybridized carbons (Fsp3) is 1.00. The molecular weight excluding hydrogens is 384 g/mol. The van der Waals surface area contributed by atoms with Gasteiger partial charge in [0.15, 0.2) is 0 Å². The molecule has 3 aliphatic carbocycles. The molecule has 0 aromatic rings. The second-order valence-electron chi connectivity index (χ2n) is 12.6. The van der Waals surface area contributed by atoms with Crippen molar-refractivity contribution in [3.8, 4) is 0 Å². The maximum atomic E-state index is 2.33. The van der Waals surface area contributed by atoms with Gasteiger partial charge in [0.05, 0.1) is 0 Å². The molecule has 3 fully saturated rings. The molecule has 188 valence electrons. The lowest BCUT2D eigenvalue weighted by atomic mass is 9.55. The van der Waals surface area contributed by atoms with Crippen LogP contribution in [0.25, 0.3) is 0 Å². The van der Waals surface area contributed by atoms with E-state index in [1.165, 1.54) is 89.9 Å². The average molecular weight is 445 g/mol. The van der Waals surface area contributed by atoms with Gasteiger partial charge in [0.2, 0.25) is 0 Å². The highest BCUT2D eigenvalue weighted by molar-refractivity contribution is 4.94. The molecule has 0 saturated heterocycles. The van der Waals surface area contributed by atoms with Crippen LogP contribution in [0.2, 0.25) is 0 Å². The third-order valence-corrected chi connectivity index (χ3v) is 10.2. The van der Waals surface area contributed by atoms with Gasteiger partial charge >= 0.3 is 0 Å². The van der Waals surface area contributed by atoms with E-state index < -0.39 is 0 Å². The van der Waals surface area contributed by atoms with E-state index in [9.17, 15) is 0 Å². The first-order valence-corrected chi connectivity index (χ1v) is 15.8. The van der Waals surface area contributed by atoms with Crippen LogP contribution in [-0.2, 0) is 0 Å². The van der Waals surface area contributed by atoms with Crippen LogP contribution in [0.4, 0.5) is 0 Å². The Balaban J connectivity index is 1.27. The maximum absolute atomic E-state index is 2.33. The van der Waals surface area contributed by atoms with Crippen molar-refractivity contribution < 1.29 is 0 Å². The second kappa shape index (κ2) is 15.8. The van der Waals surface area contributed by atoms with Crippen molar-refractivity contribution in [3.05, 3.63) is 0 Å². The fourth-order valence-corrected chi connectivity index (χ4v) is 8.29. The normalized spacial score (nSPS) is 32.4. The van der Waals surface area contributed by atoms with Gasteiger partial charge in [-0.15, -0.1) is 0 Å². The molecular formula is C32H60. The Morgan fingerprint density at radius 2 is 0.781 bits per heavy atom. The Hall–Kier alpha value is 0. The standard InChI is InChI=1S/C32H60/c1-3-5-7-9-11-13-15-17-27-19-23-31-29(25-27)21-22-30-26-28(20-24-32(30)31)18-16-14-12-10-8-6-4-2/h27-32H,3-26H2,1-2H3/t27-,28-,29?,30?,31?,32?/m1/s1. The smallest absolute Gasteiger partial charge is 0.0355 e. The Labute approximate surface area is 203 Å². The molecule has 6 atom stereocenters. The largest absolute Gasteiger partial charge is 0.0654 e. The van der Waals surface area contributed by atoms with E-state index in [0.29, 0.717) is 0 Å². The summed E-state index contributed by atoms with van der Waals surface area (Å²) in [5.74, 6) is 6.71. The zero-order chi connectivity index (χ0) is 22.4. The van der Waals surface area contributed by atoms with Crippen molar-refractivity contribution in [2.24, 2.45) is 35.5 Å². The van der Waals surface area contributed by atoms with Crippen molar-refractivity contribution in [1.29, 1.82) is 0 Å². The Morgan fingerprint density at radius 3 is 1.19 bits per heavy atom. The first-order valence-electron chi connectivity index (χ1n) is 15.8. The van der Waals surface area contributed by atoms with E-state index in [1.54, 1.807) is 64.2 Å². The summed E-state index contributed by atoms with van der Waals surface area (Å²) in [5, 5.41) is 0. The molecule has 0 radical (unpaired) electrons. The van der Waals surface area contributed by atoms with E-state index in [0.717, 1.165) is 35.5 Å². The summed E-state index contributed by atoms with van der Waals surface area (Å²) in [4.78, 5) is 0. The zero-order valence-electron chi connectivity index (χ0n) is 22.4. The van der Waals surface area contributed by atoms with Crippen molar-refractivity contribution >= 4 is 0 Å². The average Bonchev–Trinajstić information content (AvgIpc) is 2.82. The highest BCUT2D eigenvalue weighted by atomic mass is 14.5. The van der Waals surface area contributed by atoms with Gasteiger partial charge in [0, 0.05) is 0 Å².